The monoisotopic (exact) mass is 162 g/mol. The van der Waals surface area contributed by atoms with Crippen LogP contribution in [0.15, 0.2) is 24.8 Å². The normalized spacial score (nSPS) is 12.6. The second-order valence-corrected chi connectivity index (χ2v) is 2.94. The van der Waals surface area contributed by atoms with Gasteiger partial charge < -0.3 is 5.73 Å². The van der Waals surface area contributed by atoms with Gasteiger partial charge in [0.25, 0.3) is 0 Å². The molecule has 0 spiro atoms. The molecule has 2 N–H and O–H groups in total. The van der Waals surface area contributed by atoms with E-state index >= 15 is 0 Å². The second kappa shape index (κ2) is 3.50. The molecule has 2 heteroatoms. The third-order valence-electron chi connectivity index (χ3n) is 1.74. The van der Waals surface area contributed by atoms with E-state index in [4.69, 9.17) is 5.73 Å². The number of aromatic nitrogens is 1. The maximum Gasteiger partial charge on any atom is 0.0479 e. The molecule has 0 aromatic carbocycles. The lowest BCUT2D eigenvalue weighted by atomic mass is 10.1. The van der Waals surface area contributed by atoms with Crippen molar-refractivity contribution in [1.82, 2.24) is 4.98 Å². The van der Waals surface area contributed by atoms with E-state index < -0.39 is 0 Å². The molecule has 12 heavy (non-hydrogen) atoms. The Morgan fingerprint density at radius 1 is 1.42 bits per heavy atom. The van der Waals surface area contributed by atoms with Gasteiger partial charge in [0.1, 0.15) is 0 Å². The van der Waals surface area contributed by atoms with Crippen molar-refractivity contribution in [3.63, 3.8) is 0 Å². The lowest BCUT2D eigenvalue weighted by Gasteiger charge is -2.07. The quantitative estimate of drug-likeness (QED) is 0.674. The summed E-state index contributed by atoms with van der Waals surface area (Å²) < 4.78 is 0. The van der Waals surface area contributed by atoms with Crippen LogP contribution in [-0.2, 0) is 0 Å². The largest absolute Gasteiger partial charge is 0.321 e. The van der Waals surface area contributed by atoms with Crippen molar-refractivity contribution in [3.8, 4) is 0 Å². The topological polar surface area (TPSA) is 38.9 Å². The van der Waals surface area contributed by atoms with Gasteiger partial charge in [-0.05, 0) is 31.5 Å². The van der Waals surface area contributed by atoms with Gasteiger partial charge >= 0.3 is 0 Å². The number of rotatable bonds is 2. The summed E-state index contributed by atoms with van der Waals surface area (Å²) in [4.78, 5) is 4.26. The highest BCUT2D eigenvalue weighted by Gasteiger charge is 2.02. The minimum absolute atomic E-state index is 0.0783. The van der Waals surface area contributed by atoms with Gasteiger partial charge in [-0.2, -0.15) is 0 Å². The van der Waals surface area contributed by atoms with E-state index in [1.54, 1.807) is 6.08 Å². The van der Waals surface area contributed by atoms with Crippen LogP contribution in [0.1, 0.15) is 23.0 Å². The van der Waals surface area contributed by atoms with Gasteiger partial charge in [-0.3, -0.25) is 4.98 Å². The maximum atomic E-state index is 5.79. The SMILES string of the molecule is C=CC(N)c1cc(C)nc(C)c1. The average Bonchev–Trinajstić information content (AvgIpc) is 2.01. The standard InChI is InChI=1S/C10H14N2/c1-4-10(11)9-5-7(2)12-8(3)6-9/h4-6,10H,1,11H2,2-3H3. The smallest absolute Gasteiger partial charge is 0.0479 e. The molecule has 0 aliphatic heterocycles. The van der Waals surface area contributed by atoms with Crippen LogP contribution in [0.2, 0.25) is 0 Å². The Kier molecular flexibility index (Phi) is 2.61. The number of hydrogen-bond acceptors (Lipinski definition) is 2. The Labute approximate surface area is 73.1 Å². The highest BCUT2D eigenvalue weighted by molar-refractivity contribution is 5.25. The second-order valence-electron chi connectivity index (χ2n) is 2.94. The van der Waals surface area contributed by atoms with E-state index in [0.717, 1.165) is 17.0 Å². The molecule has 0 radical (unpaired) electrons. The van der Waals surface area contributed by atoms with Crippen LogP contribution in [0.25, 0.3) is 0 Å². The molecule has 64 valence electrons. The molecule has 1 aromatic heterocycles. The molecule has 1 heterocycles. The van der Waals surface area contributed by atoms with Crippen LogP contribution in [0.3, 0.4) is 0 Å². The van der Waals surface area contributed by atoms with E-state index in [-0.39, 0.29) is 6.04 Å². The molecule has 0 aliphatic carbocycles. The first-order valence-electron chi connectivity index (χ1n) is 3.97. The minimum Gasteiger partial charge on any atom is -0.321 e. The molecule has 1 unspecified atom stereocenters. The lowest BCUT2D eigenvalue weighted by Crippen LogP contribution is -2.07. The van der Waals surface area contributed by atoms with Gasteiger partial charge in [0.05, 0.1) is 0 Å². The zero-order chi connectivity index (χ0) is 9.14. The fourth-order valence-corrected chi connectivity index (χ4v) is 1.20. The lowest BCUT2D eigenvalue weighted by molar-refractivity contribution is 0.898. The van der Waals surface area contributed by atoms with Crippen molar-refractivity contribution in [1.29, 1.82) is 0 Å². The van der Waals surface area contributed by atoms with E-state index in [1.165, 1.54) is 0 Å². The number of aryl methyl sites for hydroxylation is 2. The summed E-state index contributed by atoms with van der Waals surface area (Å²) in [7, 11) is 0. The third kappa shape index (κ3) is 1.92. The van der Waals surface area contributed by atoms with Crippen molar-refractivity contribution in [3.05, 3.63) is 41.7 Å². The molecule has 0 aliphatic rings. The summed E-state index contributed by atoms with van der Waals surface area (Å²) in [5, 5.41) is 0. The molecule has 0 fully saturated rings. The summed E-state index contributed by atoms with van der Waals surface area (Å²) in [5.74, 6) is 0. The van der Waals surface area contributed by atoms with E-state index in [2.05, 4.69) is 11.6 Å². The van der Waals surface area contributed by atoms with Crippen molar-refractivity contribution >= 4 is 0 Å². The highest BCUT2D eigenvalue weighted by Crippen LogP contribution is 2.12. The third-order valence-corrected chi connectivity index (χ3v) is 1.74. The first kappa shape index (κ1) is 8.94. The van der Waals surface area contributed by atoms with Crippen LogP contribution < -0.4 is 5.73 Å². The molecule has 0 amide bonds. The summed E-state index contributed by atoms with van der Waals surface area (Å²) in [6.45, 7) is 7.58. The molecule has 0 saturated heterocycles. The van der Waals surface area contributed by atoms with Gasteiger partial charge in [-0.25, -0.2) is 0 Å². The van der Waals surface area contributed by atoms with Crippen LogP contribution in [0.5, 0.6) is 0 Å². The molecular formula is C10H14N2. The Morgan fingerprint density at radius 2 is 1.92 bits per heavy atom. The molecule has 1 atom stereocenters. The van der Waals surface area contributed by atoms with Gasteiger partial charge in [-0.1, -0.05) is 6.08 Å². The Hall–Kier alpha value is -1.15. The first-order chi connectivity index (χ1) is 5.63. The number of nitrogens with two attached hydrogens (primary N) is 1. The number of nitrogens with zero attached hydrogens (tertiary/aromatic N) is 1. The predicted molar refractivity (Wildman–Crippen MR) is 50.8 cm³/mol. The Balaban J connectivity index is 3.08. The molecule has 1 aromatic rings. The zero-order valence-electron chi connectivity index (χ0n) is 7.54. The summed E-state index contributed by atoms with van der Waals surface area (Å²) in [5.41, 5.74) is 8.87. The summed E-state index contributed by atoms with van der Waals surface area (Å²) >= 11 is 0. The van der Waals surface area contributed by atoms with Crippen LogP contribution in [0.4, 0.5) is 0 Å². The Bertz CT molecular complexity index is 272. The molecule has 0 saturated carbocycles. The molecule has 2 nitrogen and oxygen atoms in total. The zero-order valence-corrected chi connectivity index (χ0v) is 7.54. The fraction of sp³-hybridized carbons (Fsp3) is 0.300. The number of hydrogen-bond donors (Lipinski definition) is 1. The van der Waals surface area contributed by atoms with Crippen LogP contribution >= 0.6 is 0 Å². The van der Waals surface area contributed by atoms with Crippen LogP contribution in [-0.4, -0.2) is 4.98 Å². The number of pyridine rings is 1. The summed E-state index contributed by atoms with van der Waals surface area (Å²) in [6, 6.07) is 3.89. The fourth-order valence-electron chi connectivity index (χ4n) is 1.20. The van der Waals surface area contributed by atoms with Crippen molar-refractivity contribution < 1.29 is 0 Å². The van der Waals surface area contributed by atoms with Crippen molar-refractivity contribution in [2.24, 2.45) is 5.73 Å². The first-order valence-corrected chi connectivity index (χ1v) is 3.97. The molecular weight excluding hydrogens is 148 g/mol. The van der Waals surface area contributed by atoms with E-state index in [1.807, 2.05) is 26.0 Å². The molecule has 0 bridgehead atoms. The van der Waals surface area contributed by atoms with E-state index in [0.29, 0.717) is 0 Å². The van der Waals surface area contributed by atoms with E-state index in [9.17, 15) is 0 Å². The Morgan fingerprint density at radius 3 is 2.33 bits per heavy atom. The maximum absolute atomic E-state index is 5.79. The highest BCUT2D eigenvalue weighted by atomic mass is 14.7. The average molecular weight is 162 g/mol. The van der Waals surface area contributed by atoms with Crippen molar-refractivity contribution in [2.75, 3.05) is 0 Å². The minimum atomic E-state index is -0.0783. The van der Waals surface area contributed by atoms with Crippen LogP contribution in [0, 0.1) is 13.8 Å². The molecule has 1 rings (SSSR count). The van der Waals surface area contributed by atoms with Crippen molar-refractivity contribution in [2.45, 2.75) is 19.9 Å². The van der Waals surface area contributed by atoms with Gasteiger partial charge in [-0.15, -0.1) is 6.58 Å². The van der Waals surface area contributed by atoms with Gasteiger partial charge in [0.2, 0.25) is 0 Å². The van der Waals surface area contributed by atoms with Gasteiger partial charge in [0, 0.05) is 17.4 Å². The predicted octanol–water partition coefficient (Wildman–Crippen LogP) is 1.88. The summed E-state index contributed by atoms with van der Waals surface area (Å²) in [6.07, 6.45) is 1.73. The van der Waals surface area contributed by atoms with Gasteiger partial charge in [0.15, 0.2) is 0 Å².